The summed E-state index contributed by atoms with van der Waals surface area (Å²) in [6.07, 6.45) is 1.07. The van der Waals surface area contributed by atoms with Crippen molar-refractivity contribution in [3.8, 4) is 0 Å². The van der Waals surface area contributed by atoms with Gasteiger partial charge in [0.15, 0.2) is 0 Å². The maximum atomic E-state index is 4.39. The van der Waals surface area contributed by atoms with E-state index in [1.54, 1.807) is 0 Å². The van der Waals surface area contributed by atoms with E-state index in [1.165, 1.54) is 0 Å². The zero-order valence-electron chi connectivity index (χ0n) is 12.1. The number of hydrogen-bond acceptors (Lipinski definition) is 5. The van der Waals surface area contributed by atoms with Gasteiger partial charge in [-0.1, -0.05) is 0 Å². The molecule has 0 saturated heterocycles. The molecule has 0 atom stereocenters. The molecule has 5 heteroatoms. The minimum Gasteiger partial charge on any atom is -0.370 e. The van der Waals surface area contributed by atoms with Gasteiger partial charge >= 0.3 is 0 Å². The number of nitrogens with zero attached hydrogens (tertiary/aromatic N) is 2. The van der Waals surface area contributed by atoms with Gasteiger partial charge in [-0.05, 0) is 47.7 Å². The SMILES string of the molecule is CNCCCNc1cc(NC(C)(C)C)nc(C)n1. The highest BCUT2D eigenvalue weighted by Gasteiger charge is 2.11. The third-order valence-electron chi connectivity index (χ3n) is 2.25. The minimum atomic E-state index is 0.00416. The molecule has 0 radical (unpaired) electrons. The number of hydrogen-bond donors (Lipinski definition) is 3. The summed E-state index contributed by atoms with van der Waals surface area (Å²) < 4.78 is 0. The molecule has 18 heavy (non-hydrogen) atoms. The van der Waals surface area contributed by atoms with E-state index in [-0.39, 0.29) is 5.54 Å². The summed E-state index contributed by atoms with van der Waals surface area (Å²) in [6.45, 7) is 10.2. The average Bonchev–Trinajstić information content (AvgIpc) is 2.21. The van der Waals surface area contributed by atoms with Crippen molar-refractivity contribution in [1.29, 1.82) is 0 Å². The predicted octanol–water partition coefficient (Wildman–Crippen LogP) is 2.02. The molecule has 0 unspecified atom stereocenters. The lowest BCUT2D eigenvalue weighted by molar-refractivity contribution is 0.629. The van der Waals surface area contributed by atoms with Gasteiger partial charge in [0.2, 0.25) is 0 Å². The van der Waals surface area contributed by atoms with Gasteiger partial charge in [0.1, 0.15) is 17.5 Å². The highest BCUT2D eigenvalue weighted by Crippen LogP contribution is 2.15. The Morgan fingerprint density at radius 3 is 2.39 bits per heavy atom. The molecule has 5 nitrogen and oxygen atoms in total. The number of nitrogens with one attached hydrogen (secondary N) is 3. The molecule has 0 amide bonds. The van der Waals surface area contributed by atoms with Crippen LogP contribution in [0.2, 0.25) is 0 Å². The van der Waals surface area contributed by atoms with E-state index in [4.69, 9.17) is 0 Å². The van der Waals surface area contributed by atoms with Gasteiger partial charge in [0, 0.05) is 18.2 Å². The summed E-state index contributed by atoms with van der Waals surface area (Å²) in [5.74, 6) is 2.52. The third kappa shape index (κ3) is 5.82. The van der Waals surface area contributed by atoms with Crippen LogP contribution in [0.3, 0.4) is 0 Å². The first-order valence-corrected chi connectivity index (χ1v) is 6.43. The van der Waals surface area contributed by atoms with E-state index in [9.17, 15) is 0 Å². The lowest BCUT2D eigenvalue weighted by Crippen LogP contribution is -2.27. The maximum Gasteiger partial charge on any atom is 0.132 e. The molecule has 1 heterocycles. The molecule has 0 saturated carbocycles. The van der Waals surface area contributed by atoms with E-state index < -0.39 is 0 Å². The largest absolute Gasteiger partial charge is 0.370 e. The molecule has 1 aromatic rings. The first-order valence-electron chi connectivity index (χ1n) is 6.43. The van der Waals surface area contributed by atoms with Gasteiger partial charge in [-0.25, -0.2) is 9.97 Å². The lowest BCUT2D eigenvalue weighted by atomic mass is 10.1. The molecular weight excluding hydrogens is 226 g/mol. The smallest absolute Gasteiger partial charge is 0.132 e. The third-order valence-corrected chi connectivity index (χ3v) is 2.25. The van der Waals surface area contributed by atoms with Gasteiger partial charge in [-0.15, -0.1) is 0 Å². The standard InChI is InChI=1S/C13H25N5/c1-10-16-11(15-8-6-7-14-5)9-12(17-10)18-13(2,3)4/h9,14H,6-8H2,1-5H3,(H2,15,16,17,18). The quantitative estimate of drug-likeness (QED) is 0.675. The first kappa shape index (κ1) is 14.7. The van der Waals surface area contributed by atoms with Gasteiger partial charge in [-0.2, -0.15) is 0 Å². The normalized spacial score (nSPS) is 11.4. The summed E-state index contributed by atoms with van der Waals surface area (Å²) in [7, 11) is 1.96. The monoisotopic (exact) mass is 251 g/mol. The van der Waals surface area contributed by atoms with Gasteiger partial charge < -0.3 is 16.0 Å². The Kier molecular flexibility index (Phi) is 5.34. The van der Waals surface area contributed by atoms with Gasteiger partial charge in [-0.3, -0.25) is 0 Å². The molecule has 0 aromatic carbocycles. The van der Waals surface area contributed by atoms with Crippen molar-refractivity contribution in [2.45, 2.75) is 39.7 Å². The average molecular weight is 251 g/mol. The van der Waals surface area contributed by atoms with Crippen LogP contribution in [0.15, 0.2) is 6.07 Å². The predicted molar refractivity (Wildman–Crippen MR) is 77.2 cm³/mol. The molecule has 0 bridgehead atoms. The summed E-state index contributed by atoms with van der Waals surface area (Å²) >= 11 is 0. The van der Waals surface area contributed by atoms with Crippen LogP contribution >= 0.6 is 0 Å². The number of rotatable bonds is 6. The van der Waals surface area contributed by atoms with Crippen LogP contribution in [-0.4, -0.2) is 35.6 Å². The molecule has 1 aromatic heterocycles. The zero-order chi connectivity index (χ0) is 13.6. The fourth-order valence-electron chi connectivity index (χ4n) is 1.59. The van der Waals surface area contributed by atoms with E-state index >= 15 is 0 Å². The van der Waals surface area contributed by atoms with Crippen molar-refractivity contribution >= 4 is 11.6 Å². The van der Waals surface area contributed by atoms with Crippen LogP contribution in [0.5, 0.6) is 0 Å². The Balaban J connectivity index is 2.63. The minimum absolute atomic E-state index is 0.00416. The highest BCUT2D eigenvalue weighted by atomic mass is 15.1. The molecule has 0 aliphatic rings. The highest BCUT2D eigenvalue weighted by molar-refractivity contribution is 5.48. The molecular formula is C13H25N5. The van der Waals surface area contributed by atoms with E-state index in [2.05, 4.69) is 46.7 Å². The van der Waals surface area contributed by atoms with Crippen LogP contribution in [0.4, 0.5) is 11.6 Å². The fraction of sp³-hybridized carbons (Fsp3) is 0.692. The second kappa shape index (κ2) is 6.54. The van der Waals surface area contributed by atoms with Gasteiger partial charge in [0.05, 0.1) is 0 Å². The molecule has 3 N–H and O–H groups in total. The molecule has 1 rings (SSSR count). The van der Waals surface area contributed by atoms with Crippen molar-refractivity contribution in [2.24, 2.45) is 0 Å². The van der Waals surface area contributed by atoms with Crippen LogP contribution in [0.1, 0.15) is 33.0 Å². The summed E-state index contributed by atoms with van der Waals surface area (Å²) in [6, 6.07) is 1.96. The van der Waals surface area contributed by atoms with E-state index in [0.29, 0.717) is 0 Å². The lowest BCUT2D eigenvalue weighted by Gasteiger charge is -2.21. The molecule has 0 spiro atoms. The summed E-state index contributed by atoms with van der Waals surface area (Å²) in [5, 5.41) is 9.80. The topological polar surface area (TPSA) is 61.9 Å². The maximum absolute atomic E-state index is 4.39. The summed E-state index contributed by atoms with van der Waals surface area (Å²) in [5.41, 5.74) is 0.00416. The first-order chi connectivity index (χ1) is 8.40. The Morgan fingerprint density at radius 1 is 1.11 bits per heavy atom. The molecule has 0 aliphatic carbocycles. The number of anilines is 2. The van der Waals surface area contributed by atoms with Crippen molar-refractivity contribution in [2.75, 3.05) is 30.8 Å². The Morgan fingerprint density at radius 2 is 1.78 bits per heavy atom. The summed E-state index contributed by atoms with van der Waals surface area (Å²) in [4.78, 5) is 8.77. The number of aromatic nitrogens is 2. The fourth-order valence-corrected chi connectivity index (χ4v) is 1.59. The molecule has 0 fully saturated rings. The van der Waals surface area contributed by atoms with Crippen molar-refractivity contribution in [3.05, 3.63) is 11.9 Å². The number of aryl methyl sites for hydroxylation is 1. The Bertz CT molecular complexity index is 370. The second-order valence-electron chi connectivity index (χ2n) is 5.44. The van der Waals surface area contributed by atoms with Crippen LogP contribution < -0.4 is 16.0 Å². The van der Waals surface area contributed by atoms with Crippen LogP contribution in [0.25, 0.3) is 0 Å². The van der Waals surface area contributed by atoms with E-state index in [0.717, 1.165) is 37.0 Å². The van der Waals surface area contributed by atoms with Crippen LogP contribution in [-0.2, 0) is 0 Å². The van der Waals surface area contributed by atoms with Crippen molar-refractivity contribution < 1.29 is 0 Å². The van der Waals surface area contributed by atoms with Crippen molar-refractivity contribution in [3.63, 3.8) is 0 Å². The molecule has 102 valence electrons. The van der Waals surface area contributed by atoms with Crippen molar-refractivity contribution in [1.82, 2.24) is 15.3 Å². The van der Waals surface area contributed by atoms with Gasteiger partial charge in [0.25, 0.3) is 0 Å². The Labute approximate surface area is 110 Å². The Hall–Kier alpha value is -1.36. The second-order valence-corrected chi connectivity index (χ2v) is 5.44. The van der Waals surface area contributed by atoms with E-state index in [1.807, 2.05) is 20.0 Å². The zero-order valence-corrected chi connectivity index (χ0v) is 12.1. The molecule has 0 aliphatic heterocycles. The van der Waals surface area contributed by atoms with Crippen LogP contribution in [0, 0.1) is 6.92 Å².